The number of nitrogens with zero attached hydrogens (tertiary/aromatic N) is 1. The number of hydrogen-bond acceptors (Lipinski definition) is 3. The molecule has 108 valence electrons. The maximum Gasteiger partial charge on any atom is 0.179 e. The summed E-state index contributed by atoms with van der Waals surface area (Å²) in [6.45, 7) is 4.09. The summed E-state index contributed by atoms with van der Waals surface area (Å²) in [6.07, 6.45) is 3.71. The minimum Gasteiger partial charge on any atom is -0.399 e. The third-order valence-corrected chi connectivity index (χ3v) is 3.51. The molecule has 0 radical (unpaired) electrons. The summed E-state index contributed by atoms with van der Waals surface area (Å²) in [5.41, 5.74) is 7.09. The zero-order valence-corrected chi connectivity index (χ0v) is 12.8. The van der Waals surface area contributed by atoms with Crippen molar-refractivity contribution in [3.8, 4) is 0 Å². The molecular formula is C14H22Cl2N2O. The van der Waals surface area contributed by atoms with Crippen LogP contribution in [0, 0.1) is 0 Å². The van der Waals surface area contributed by atoms with Crippen molar-refractivity contribution in [2.75, 3.05) is 18.8 Å². The Morgan fingerprint density at radius 3 is 2.16 bits per heavy atom. The third-order valence-electron chi connectivity index (χ3n) is 3.51. The van der Waals surface area contributed by atoms with Crippen LogP contribution in [0.5, 0.6) is 0 Å². The summed E-state index contributed by atoms with van der Waals surface area (Å²) in [7, 11) is 0. The highest BCUT2D eigenvalue weighted by molar-refractivity contribution is 6.00. The molecule has 5 heteroatoms. The smallest absolute Gasteiger partial charge is 0.179 e. The van der Waals surface area contributed by atoms with Gasteiger partial charge >= 0.3 is 0 Å². The summed E-state index contributed by atoms with van der Waals surface area (Å²) in [6, 6.07) is 7.20. The number of carbonyl (C=O) groups is 1. The monoisotopic (exact) mass is 304 g/mol. The van der Waals surface area contributed by atoms with Crippen LogP contribution in [-0.2, 0) is 0 Å². The Labute approximate surface area is 127 Å². The molecule has 1 aromatic carbocycles. The number of hydrogen-bond donors (Lipinski definition) is 1. The molecule has 0 amide bonds. The van der Waals surface area contributed by atoms with Gasteiger partial charge in [0.15, 0.2) is 5.78 Å². The molecule has 1 aliphatic heterocycles. The van der Waals surface area contributed by atoms with Crippen molar-refractivity contribution >= 4 is 36.3 Å². The summed E-state index contributed by atoms with van der Waals surface area (Å²) >= 11 is 0. The van der Waals surface area contributed by atoms with Crippen LogP contribution in [0.25, 0.3) is 0 Å². The molecule has 0 aliphatic carbocycles. The Hall–Kier alpha value is -0.770. The third kappa shape index (κ3) is 4.68. The van der Waals surface area contributed by atoms with Crippen molar-refractivity contribution in [3.63, 3.8) is 0 Å². The van der Waals surface area contributed by atoms with Crippen LogP contribution in [0.2, 0.25) is 0 Å². The summed E-state index contributed by atoms with van der Waals surface area (Å²) < 4.78 is 0. The van der Waals surface area contributed by atoms with Crippen LogP contribution in [0.15, 0.2) is 24.3 Å². The molecule has 0 saturated carbocycles. The standard InChI is InChI=1S/C14H20N2O.2ClH/c1-11(16-9-3-2-4-10-16)14(17)12-5-7-13(15)8-6-12;;/h5-8,11H,2-4,9-10,15H2,1H3;2*1H. The van der Waals surface area contributed by atoms with Crippen LogP contribution >= 0.6 is 24.8 Å². The first kappa shape index (κ1) is 18.2. The number of piperidine rings is 1. The van der Waals surface area contributed by atoms with Crippen molar-refractivity contribution in [1.82, 2.24) is 4.90 Å². The predicted octanol–water partition coefficient (Wildman–Crippen LogP) is 3.17. The van der Waals surface area contributed by atoms with Crippen LogP contribution in [0.1, 0.15) is 36.5 Å². The Balaban J connectivity index is 0.00000162. The molecule has 1 heterocycles. The van der Waals surface area contributed by atoms with E-state index in [2.05, 4.69) is 4.90 Å². The molecule has 1 unspecified atom stereocenters. The fourth-order valence-electron chi connectivity index (χ4n) is 2.36. The number of Topliss-reactive ketones (excluding diaryl/α,β-unsaturated/α-hetero) is 1. The predicted molar refractivity (Wildman–Crippen MR) is 84.6 cm³/mol. The van der Waals surface area contributed by atoms with Gasteiger partial charge < -0.3 is 5.73 Å². The average Bonchev–Trinajstić information content (AvgIpc) is 2.39. The minimum atomic E-state index is -0.0149. The van der Waals surface area contributed by atoms with Crippen molar-refractivity contribution in [3.05, 3.63) is 29.8 Å². The molecule has 2 N–H and O–H groups in total. The SMILES string of the molecule is CC(C(=O)c1ccc(N)cc1)N1CCCCC1.Cl.Cl. The Bertz CT molecular complexity index is 389. The van der Waals surface area contributed by atoms with Crippen LogP contribution in [0.3, 0.4) is 0 Å². The molecule has 0 bridgehead atoms. The van der Waals surface area contributed by atoms with E-state index in [0.29, 0.717) is 5.69 Å². The second-order valence-electron chi connectivity index (χ2n) is 4.76. The molecular weight excluding hydrogens is 283 g/mol. The highest BCUT2D eigenvalue weighted by atomic mass is 35.5. The number of ketones is 1. The Morgan fingerprint density at radius 1 is 1.11 bits per heavy atom. The number of nitrogens with two attached hydrogens (primary N) is 1. The van der Waals surface area contributed by atoms with E-state index in [1.54, 1.807) is 12.1 Å². The van der Waals surface area contributed by atoms with Crippen LogP contribution < -0.4 is 5.73 Å². The lowest BCUT2D eigenvalue weighted by Gasteiger charge is -2.31. The molecule has 1 aromatic rings. The zero-order valence-electron chi connectivity index (χ0n) is 11.2. The number of benzene rings is 1. The van der Waals surface area contributed by atoms with Gasteiger partial charge in [-0.15, -0.1) is 24.8 Å². The van der Waals surface area contributed by atoms with Gasteiger partial charge in [0.1, 0.15) is 0 Å². The average molecular weight is 305 g/mol. The van der Waals surface area contributed by atoms with E-state index in [1.807, 2.05) is 19.1 Å². The maximum atomic E-state index is 12.3. The first-order valence-electron chi connectivity index (χ1n) is 6.32. The molecule has 19 heavy (non-hydrogen) atoms. The van der Waals surface area contributed by atoms with Crippen molar-refractivity contribution in [2.45, 2.75) is 32.2 Å². The highest BCUT2D eigenvalue weighted by Gasteiger charge is 2.23. The van der Waals surface area contributed by atoms with Gasteiger partial charge in [0.2, 0.25) is 0 Å². The molecule has 0 spiro atoms. The number of likely N-dealkylation sites (tertiary alicyclic amines) is 1. The van der Waals surface area contributed by atoms with Gasteiger partial charge in [0, 0.05) is 11.3 Å². The lowest BCUT2D eigenvalue weighted by molar-refractivity contribution is 0.0809. The zero-order chi connectivity index (χ0) is 12.3. The number of anilines is 1. The van der Waals surface area contributed by atoms with E-state index < -0.39 is 0 Å². The van der Waals surface area contributed by atoms with Gasteiger partial charge in [-0.2, -0.15) is 0 Å². The van der Waals surface area contributed by atoms with Gasteiger partial charge in [-0.05, 0) is 57.1 Å². The van der Waals surface area contributed by atoms with Gasteiger partial charge in [0.25, 0.3) is 0 Å². The van der Waals surface area contributed by atoms with Crippen molar-refractivity contribution < 1.29 is 4.79 Å². The second-order valence-corrected chi connectivity index (χ2v) is 4.76. The van der Waals surface area contributed by atoms with E-state index in [1.165, 1.54) is 19.3 Å². The second kappa shape index (κ2) is 8.41. The number of rotatable bonds is 3. The molecule has 1 aliphatic rings. The number of carbonyl (C=O) groups excluding carboxylic acids is 1. The largest absolute Gasteiger partial charge is 0.399 e. The van der Waals surface area contributed by atoms with Gasteiger partial charge in [-0.25, -0.2) is 0 Å². The fourth-order valence-corrected chi connectivity index (χ4v) is 2.36. The summed E-state index contributed by atoms with van der Waals surface area (Å²) in [5, 5.41) is 0. The maximum absolute atomic E-state index is 12.3. The quantitative estimate of drug-likeness (QED) is 0.689. The van der Waals surface area contributed by atoms with Gasteiger partial charge in [-0.3, -0.25) is 9.69 Å². The molecule has 1 saturated heterocycles. The molecule has 2 rings (SSSR count). The Morgan fingerprint density at radius 2 is 1.63 bits per heavy atom. The molecule has 0 aromatic heterocycles. The van der Waals surface area contributed by atoms with Crippen molar-refractivity contribution in [1.29, 1.82) is 0 Å². The first-order chi connectivity index (χ1) is 8.18. The van der Waals surface area contributed by atoms with Gasteiger partial charge in [0.05, 0.1) is 6.04 Å². The van der Waals surface area contributed by atoms with E-state index in [9.17, 15) is 4.79 Å². The van der Waals surface area contributed by atoms with E-state index >= 15 is 0 Å². The minimum absolute atomic E-state index is 0. The number of halogens is 2. The molecule has 3 nitrogen and oxygen atoms in total. The van der Waals surface area contributed by atoms with Gasteiger partial charge in [-0.1, -0.05) is 6.42 Å². The summed E-state index contributed by atoms with van der Waals surface area (Å²) in [4.78, 5) is 14.6. The lowest BCUT2D eigenvalue weighted by Crippen LogP contribution is -2.42. The van der Waals surface area contributed by atoms with Crippen LogP contribution in [-0.4, -0.2) is 29.8 Å². The normalized spacial score (nSPS) is 16.9. The van der Waals surface area contributed by atoms with E-state index in [0.717, 1.165) is 18.7 Å². The number of nitrogen functional groups attached to an aromatic ring is 1. The molecule has 1 fully saturated rings. The van der Waals surface area contributed by atoms with Crippen LogP contribution in [0.4, 0.5) is 5.69 Å². The topological polar surface area (TPSA) is 46.3 Å². The highest BCUT2D eigenvalue weighted by Crippen LogP contribution is 2.16. The molecule has 1 atom stereocenters. The lowest BCUT2D eigenvalue weighted by atomic mass is 10.0. The van der Waals surface area contributed by atoms with E-state index in [-0.39, 0.29) is 36.6 Å². The van der Waals surface area contributed by atoms with E-state index in [4.69, 9.17) is 5.73 Å². The van der Waals surface area contributed by atoms with Crippen molar-refractivity contribution in [2.24, 2.45) is 0 Å². The first-order valence-corrected chi connectivity index (χ1v) is 6.32. The Kier molecular flexibility index (Phi) is 8.07. The fraction of sp³-hybridized carbons (Fsp3) is 0.500. The summed E-state index contributed by atoms with van der Waals surface area (Å²) in [5.74, 6) is 0.201.